The molecule has 0 saturated heterocycles. The highest BCUT2D eigenvalue weighted by Crippen LogP contribution is 2.14. The number of aromatic nitrogens is 2. The van der Waals surface area contributed by atoms with Crippen LogP contribution in [0.5, 0.6) is 0 Å². The van der Waals surface area contributed by atoms with Crippen LogP contribution >= 0.6 is 11.6 Å². The highest BCUT2D eigenvalue weighted by Gasteiger charge is 2.03. The molecular formula is C13H13ClFN3O. The van der Waals surface area contributed by atoms with Crippen LogP contribution in [0, 0.1) is 5.82 Å². The van der Waals surface area contributed by atoms with Gasteiger partial charge in [-0.15, -0.1) is 0 Å². The minimum absolute atomic E-state index is 0.0979. The maximum absolute atomic E-state index is 13.0. The van der Waals surface area contributed by atoms with E-state index in [2.05, 4.69) is 15.5 Å². The van der Waals surface area contributed by atoms with Gasteiger partial charge in [0.25, 0.3) is 5.56 Å². The first kappa shape index (κ1) is 13.5. The second kappa shape index (κ2) is 6.33. The van der Waals surface area contributed by atoms with Crippen molar-refractivity contribution >= 4 is 17.3 Å². The molecule has 100 valence electrons. The third kappa shape index (κ3) is 3.79. The molecule has 2 rings (SSSR count). The Kier molecular flexibility index (Phi) is 4.52. The van der Waals surface area contributed by atoms with E-state index in [1.807, 2.05) is 6.07 Å². The Morgan fingerprint density at radius 3 is 3.05 bits per heavy atom. The van der Waals surface area contributed by atoms with Crippen LogP contribution in [-0.2, 0) is 6.42 Å². The molecule has 0 saturated carbocycles. The van der Waals surface area contributed by atoms with E-state index < -0.39 is 5.56 Å². The molecule has 0 atom stereocenters. The van der Waals surface area contributed by atoms with Gasteiger partial charge in [0, 0.05) is 6.54 Å². The quantitative estimate of drug-likeness (QED) is 0.828. The van der Waals surface area contributed by atoms with E-state index in [1.165, 1.54) is 18.3 Å². The van der Waals surface area contributed by atoms with Crippen molar-refractivity contribution in [3.8, 4) is 0 Å². The Labute approximate surface area is 114 Å². The zero-order valence-corrected chi connectivity index (χ0v) is 10.9. The predicted molar refractivity (Wildman–Crippen MR) is 73.1 cm³/mol. The fraction of sp³-hybridized carbons (Fsp3) is 0.231. The van der Waals surface area contributed by atoms with Crippen molar-refractivity contribution in [3.63, 3.8) is 0 Å². The number of halogens is 2. The van der Waals surface area contributed by atoms with Crippen LogP contribution in [0.15, 0.2) is 35.3 Å². The van der Waals surface area contributed by atoms with E-state index in [1.54, 1.807) is 6.07 Å². The second-order valence-electron chi connectivity index (χ2n) is 4.09. The number of anilines is 1. The number of H-pyrrole nitrogens is 1. The van der Waals surface area contributed by atoms with Gasteiger partial charge in [-0.1, -0.05) is 23.7 Å². The van der Waals surface area contributed by atoms with E-state index in [-0.39, 0.29) is 10.8 Å². The summed E-state index contributed by atoms with van der Waals surface area (Å²) in [7, 11) is 0. The van der Waals surface area contributed by atoms with Crippen LogP contribution in [0.1, 0.15) is 12.0 Å². The lowest BCUT2D eigenvalue weighted by Crippen LogP contribution is -2.12. The molecule has 0 fully saturated rings. The molecule has 4 nitrogen and oxygen atoms in total. The molecular weight excluding hydrogens is 269 g/mol. The van der Waals surface area contributed by atoms with E-state index in [0.717, 1.165) is 18.4 Å². The summed E-state index contributed by atoms with van der Waals surface area (Å²) in [6.07, 6.45) is 3.01. The summed E-state index contributed by atoms with van der Waals surface area (Å²) in [5.74, 6) is -0.229. The summed E-state index contributed by atoms with van der Waals surface area (Å²) < 4.78 is 13.0. The third-order valence-electron chi connectivity index (χ3n) is 2.64. The lowest BCUT2D eigenvalue weighted by Gasteiger charge is -2.07. The van der Waals surface area contributed by atoms with Crippen molar-refractivity contribution in [2.75, 3.05) is 11.9 Å². The predicted octanol–water partition coefficient (Wildman–Crippen LogP) is 2.61. The van der Waals surface area contributed by atoms with Gasteiger partial charge in [0.1, 0.15) is 10.8 Å². The van der Waals surface area contributed by atoms with Crippen LogP contribution in [0.3, 0.4) is 0 Å². The molecule has 0 spiro atoms. The monoisotopic (exact) mass is 281 g/mol. The molecule has 1 aromatic heterocycles. The average Bonchev–Trinajstić information content (AvgIpc) is 2.39. The molecule has 19 heavy (non-hydrogen) atoms. The van der Waals surface area contributed by atoms with Gasteiger partial charge < -0.3 is 5.32 Å². The Balaban J connectivity index is 1.84. The second-order valence-corrected chi connectivity index (χ2v) is 4.46. The van der Waals surface area contributed by atoms with Gasteiger partial charge in [0.15, 0.2) is 0 Å². The van der Waals surface area contributed by atoms with Crippen LogP contribution in [-0.4, -0.2) is 16.7 Å². The van der Waals surface area contributed by atoms with Crippen molar-refractivity contribution in [2.24, 2.45) is 0 Å². The number of nitrogens with one attached hydrogen (secondary N) is 2. The SMILES string of the molecule is O=c1[nH]ncc(NCCCc2cccc(F)c2)c1Cl. The van der Waals surface area contributed by atoms with Gasteiger partial charge in [0.05, 0.1) is 11.9 Å². The summed E-state index contributed by atoms with van der Waals surface area (Å²) in [4.78, 5) is 11.2. The first-order chi connectivity index (χ1) is 9.16. The molecule has 0 aliphatic carbocycles. The highest BCUT2D eigenvalue weighted by molar-refractivity contribution is 6.32. The lowest BCUT2D eigenvalue weighted by molar-refractivity contribution is 0.625. The zero-order valence-electron chi connectivity index (χ0n) is 10.1. The first-order valence-electron chi connectivity index (χ1n) is 5.88. The smallest absolute Gasteiger partial charge is 0.285 e. The van der Waals surface area contributed by atoms with Gasteiger partial charge in [-0.3, -0.25) is 4.79 Å². The molecule has 0 amide bonds. The van der Waals surface area contributed by atoms with Crippen molar-refractivity contribution in [3.05, 3.63) is 57.2 Å². The van der Waals surface area contributed by atoms with Gasteiger partial charge >= 0.3 is 0 Å². The van der Waals surface area contributed by atoms with Crippen molar-refractivity contribution < 1.29 is 4.39 Å². The van der Waals surface area contributed by atoms with E-state index >= 15 is 0 Å². The van der Waals surface area contributed by atoms with E-state index in [0.29, 0.717) is 12.2 Å². The largest absolute Gasteiger partial charge is 0.382 e. The highest BCUT2D eigenvalue weighted by atomic mass is 35.5. The van der Waals surface area contributed by atoms with Crippen LogP contribution < -0.4 is 10.9 Å². The molecule has 1 aromatic carbocycles. The molecule has 0 aliphatic heterocycles. The topological polar surface area (TPSA) is 57.8 Å². The minimum atomic E-state index is -0.420. The number of benzene rings is 1. The molecule has 1 heterocycles. The number of aromatic amines is 1. The Hall–Kier alpha value is -1.88. The maximum Gasteiger partial charge on any atom is 0.285 e. The number of hydrogen-bond donors (Lipinski definition) is 2. The Morgan fingerprint density at radius 1 is 1.42 bits per heavy atom. The number of hydrogen-bond acceptors (Lipinski definition) is 3. The van der Waals surface area contributed by atoms with Gasteiger partial charge in [-0.25, -0.2) is 9.49 Å². The molecule has 2 aromatic rings. The fourth-order valence-electron chi connectivity index (χ4n) is 1.71. The van der Waals surface area contributed by atoms with Gasteiger partial charge in [0.2, 0.25) is 0 Å². The molecule has 2 N–H and O–H groups in total. The third-order valence-corrected chi connectivity index (χ3v) is 3.02. The van der Waals surface area contributed by atoms with Crippen LogP contribution in [0.2, 0.25) is 5.02 Å². The van der Waals surface area contributed by atoms with Gasteiger partial charge in [-0.2, -0.15) is 5.10 Å². The van der Waals surface area contributed by atoms with Gasteiger partial charge in [-0.05, 0) is 30.5 Å². The fourth-order valence-corrected chi connectivity index (χ4v) is 1.87. The molecule has 6 heteroatoms. The van der Waals surface area contributed by atoms with Crippen molar-refractivity contribution in [1.82, 2.24) is 10.2 Å². The van der Waals surface area contributed by atoms with Crippen LogP contribution in [0.4, 0.5) is 10.1 Å². The summed E-state index contributed by atoms with van der Waals surface area (Å²) >= 11 is 5.81. The average molecular weight is 282 g/mol. The number of rotatable bonds is 5. The standard InChI is InChI=1S/C13H13ClFN3O/c14-12-11(8-17-18-13(12)19)16-6-2-4-9-3-1-5-10(15)7-9/h1,3,5,7-8H,2,4,6H2,(H2,16,18,19). The summed E-state index contributed by atoms with van der Waals surface area (Å²) in [6.45, 7) is 0.626. The summed E-state index contributed by atoms with van der Waals surface area (Å²) in [5.41, 5.74) is 1.03. The Morgan fingerprint density at radius 2 is 2.26 bits per heavy atom. The molecule has 0 bridgehead atoms. The first-order valence-corrected chi connectivity index (χ1v) is 6.26. The summed E-state index contributed by atoms with van der Waals surface area (Å²) in [5, 5.41) is 9.03. The minimum Gasteiger partial charge on any atom is -0.382 e. The van der Waals surface area contributed by atoms with Crippen molar-refractivity contribution in [1.29, 1.82) is 0 Å². The number of nitrogens with zero attached hydrogens (tertiary/aromatic N) is 1. The van der Waals surface area contributed by atoms with E-state index in [9.17, 15) is 9.18 Å². The van der Waals surface area contributed by atoms with Crippen LogP contribution in [0.25, 0.3) is 0 Å². The maximum atomic E-state index is 13.0. The molecule has 0 radical (unpaired) electrons. The normalized spacial score (nSPS) is 10.4. The Bertz CT molecular complexity index is 615. The number of aryl methyl sites for hydroxylation is 1. The zero-order chi connectivity index (χ0) is 13.7. The lowest BCUT2D eigenvalue weighted by atomic mass is 10.1. The summed E-state index contributed by atoms with van der Waals surface area (Å²) in [6, 6.07) is 6.51. The van der Waals surface area contributed by atoms with E-state index in [4.69, 9.17) is 11.6 Å². The molecule has 0 unspecified atom stereocenters. The van der Waals surface area contributed by atoms with Crippen molar-refractivity contribution in [2.45, 2.75) is 12.8 Å². The molecule has 0 aliphatic rings.